The summed E-state index contributed by atoms with van der Waals surface area (Å²) in [6.07, 6.45) is 0. The minimum atomic E-state index is -0.356. The van der Waals surface area contributed by atoms with E-state index in [1.165, 1.54) is 7.11 Å². The Morgan fingerprint density at radius 2 is 2.00 bits per heavy atom. The molecule has 72 valence electrons. The highest BCUT2D eigenvalue weighted by Crippen LogP contribution is 2.32. The highest BCUT2D eigenvalue weighted by atomic mass is 35.5. The van der Waals surface area contributed by atoms with Crippen molar-refractivity contribution in [2.75, 3.05) is 7.11 Å². The van der Waals surface area contributed by atoms with Gasteiger partial charge in [-0.2, -0.15) is 0 Å². The second-order valence-corrected chi connectivity index (χ2v) is 3.55. The van der Waals surface area contributed by atoms with Crippen molar-refractivity contribution in [1.82, 2.24) is 0 Å². The van der Waals surface area contributed by atoms with Gasteiger partial charge in [0.05, 0.1) is 12.1 Å². The predicted molar refractivity (Wildman–Crippen MR) is 52.1 cm³/mol. The molecule has 1 aromatic carbocycles. The number of halogens is 2. The Labute approximate surface area is 82.5 Å². The van der Waals surface area contributed by atoms with E-state index in [9.17, 15) is 4.39 Å². The Kier molecular flexibility index (Phi) is 3.15. The Morgan fingerprint density at radius 3 is 2.46 bits per heavy atom. The molecule has 0 atom stereocenters. The average Bonchev–Trinajstić information content (AvgIpc) is 2.04. The number of ether oxygens (including phenoxy) is 1. The maximum atomic E-state index is 13.6. The van der Waals surface area contributed by atoms with Gasteiger partial charge < -0.3 is 4.74 Å². The molecular weight excluding hydrogens is 191 g/mol. The quantitative estimate of drug-likeness (QED) is 0.712. The molecule has 0 N–H and O–H groups in total. The summed E-state index contributed by atoms with van der Waals surface area (Å²) in [6, 6.07) is 3.34. The molecule has 0 amide bonds. The molecule has 1 nitrogen and oxygen atoms in total. The minimum absolute atomic E-state index is 0.131. The maximum Gasteiger partial charge on any atom is 0.173 e. The van der Waals surface area contributed by atoms with Crippen LogP contribution in [0.5, 0.6) is 5.75 Å². The molecule has 0 saturated heterocycles. The molecule has 0 spiro atoms. The van der Waals surface area contributed by atoms with E-state index in [2.05, 4.69) is 0 Å². The summed E-state index contributed by atoms with van der Waals surface area (Å²) >= 11 is 5.74. The molecule has 0 aliphatic heterocycles. The monoisotopic (exact) mass is 202 g/mol. The van der Waals surface area contributed by atoms with E-state index >= 15 is 0 Å². The normalized spacial score (nSPS) is 10.6. The van der Waals surface area contributed by atoms with E-state index in [0.29, 0.717) is 10.6 Å². The number of methoxy groups -OCH3 is 1. The van der Waals surface area contributed by atoms with Gasteiger partial charge in [-0.05, 0) is 17.5 Å². The molecule has 1 aromatic rings. The van der Waals surface area contributed by atoms with Crippen molar-refractivity contribution in [3.63, 3.8) is 0 Å². The van der Waals surface area contributed by atoms with E-state index in [1.807, 2.05) is 13.8 Å². The molecule has 0 radical (unpaired) electrons. The van der Waals surface area contributed by atoms with Crippen LogP contribution in [0.2, 0.25) is 5.02 Å². The van der Waals surface area contributed by atoms with Crippen LogP contribution in [0.25, 0.3) is 0 Å². The second-order valence-electron chi connectivity index (χ2n) is 3.14. The van der Waals surface area contributed by atoms with Crippen LogP contribution in [0.3, 0.4) is 0 Å². The first-order valence-corrected chi connectivity index (χ1v) is 4.47. The Bertz CT molecular complexity index is 310. The lowest BCUT2D eigenvalue weighted by atomic mass is 10.0. The van der Waals surface area contributed by atoms with Gasteiger partial charge in [0, 0.05) is 0 Å². The minimum Gasteiger partial charge on any atom is -0.492 e. The fourth-order valence-electron chi connectivity index (χ4n) is 1.18. The molecule has 0 heterocycles. The van der Waals surface area contributed by atoms with Gasteiger partial charge in [0.1, 0.15) is 0 Å². The third kappa shape index (κ3) is 1.94. The maximum absolute atomic E-state index is 13.6. The van der Waals surface area contributed by atoms with Crippen LogP contribution in [0.15, 0.2) is 12.1 Å². The Balaban J connectivity index is 3.27. The zero-order valence-corrected chi connectivity index (χ0v) is 8.65. The zero-order valence-electron chi connectivity index (χ0n) is 7.90. The van der Waals surface area contributed by atoms with Gasteiger partial charge in [0.15, 0.2) is 11.6 Å². The number of hydrogen-bond acceptors (Lipinski definition) is 1. The summed E-state index contributed by atoms with van der Waals surface area (Å²) in [5.41, 5.74) is 0.626. The van der Waals surface area contributed by atoms with Crippen molar-refractivity contribution >= 4 is 11.6 Å². The van der Waals surface area contributed by atoms with Gasteiger partial charge in [-0.3, -0.25) is 0 Å². The lowest BCUT2D eigenvalue weighted by Gasteiger charge is -2.11. The van der Waals surface area contributed by atoms with E-state index in [0.717, 1.165) is 0 Å². The molecule has 0 aliphatic carbocycles. The summed E-state index contributed by atoms with van der Waals surface area (Å²) < 4.78 is 18.4. The average molecular weight is 203 g/mol. The van der Waals surface area contributed by atoms with Crippen molar-refractivity contribution in [2.45, 2.75) is 19.8 Å². The fraction of sp³-hybridized carbons (Fsp3) is 0.400. The van der Waals surface area contributed by atoms with Crippen molar-refractivity contribution in [2.24, 2.45) is 0 Å². The summed E-state index contributed by atoms with van der Waals surface area (Å²) in [5, 5.41) is 0.310. The van der Waals surface area contributed by atoms with Gasteiger partial charge in [0.25, 0.3) is 0 Å². The molecular formula is C10H12ClFO. The molecule has 0 unspecified atom stereocenters. The van der Waals surface area contributed by atoms with Crippen LogP contribution in [0.4, 0.5) is 4.39 Å². The Morgan fingerprint density at radius 1 is 1.38 bits per heavy atom. The number of benzene rings is 1. The zero-order chi connectivity index (χ0) is 10.0. The van der Waals surface area contributed by atoms with Gasteiger partial charge in [-0.15, -0.1) is 0 Å². The molecule has 0 aliphatic rings. The van der Waals surface area contributed by atoms with Crippen molar-refractivity contribution in [3.05, 3.63) is 28.5 Å². The van der Waals surface area contributed by atoms with Crippen molar-refractivity contribution < 1.29 is 9.13 Å². The highest BCUT2D eigenvalue weighted by molar-refractivity contribution is 6.32. The molecule has 1 rings (SSSR count). The first-order chi connectivity index (χ1) is 6.07. The number of hydrogen-bond donors (Lipinski definition) is 0. The van der Waals surface area contributed by atoms with Crippen LogP contribution in [0, 0.1) is 5.82 Å². The standard InChI is InChI=1S/C10H12ClFO/c1-6(2)7-4-5-8(11)10(13-3)9(7)12/h4-6H,1-3H3. The smallest absolute Gasteiger partial charge is 0.173 e. The van der Waals surface area contributed by atoms with E-state index < -0.39 is 0 Å². The summed E-state index contributed by atoms with van der Waals surface area (Å²) in [4.78, 5) is 0. The molecule has 0 saturated carbocycles. The van der Waals surface area contributed by atoms with Crippen LogP contribution < -0.4 is 4.74 Å². The van der Waals surface area contributed by atoms with E-state index in [1.54, 1.807) is 12.1 Å². The summed E-state index contributed by atoms with van der Waals surface area (Å²) in [5.74, 6) is -0.0935. The van der Waals surface area contributed by atoms with Crippen molar-refractivity contribution in [3.8, 4) is 5.75 Å². The molecule has 0 fully saturated rings. The SMILES string of the molecule is COc1c(Cl)ccc(C(C)C)c1F. The molecule has 0 bridgehead atoms. The van der Waals surface area contributed by atoms with Crippen LogP contribution in [0.1, 0.15) is 25.3 Å². The van der Waals surface area contributed by atoms with Crippen LogP contribution in [-0.4, -0.2) is 7.11 Å². The molecule has 3 heteroatoms. The van der Waals surface area contributed by atoms with Crippen LogP contribution in [-0.2, 0) is 0 Å². The molecule has 13 heavy (non-hydrogen) atoms. The topological polar surface area (TPSA) is 9.23 Å². The third-order valence-electron chi connectivity index (χ3n) is 1.91. The second kappa shape index (κ2) is 3.97. The Hall–Kier alpha value is -0.760. The first kappa shape index (κ1) is 10.3. The summed E-state index contributed by atoms with van der Waals surface area (Å²) in [7, 11) is 1.41. The lowest BCUT2D eigenvalue weighted by Crippen LogP contribution is -1.97. The van der Waals surface area contributed by atoms with Gasteiger partial charge in [-0.1, -0.05) is 31.5 Å². The lowest BCUT2D eigenvalue weighted by molar-refractivity contribution is 0.383. The highest BCUT2D eigenvalue weighted by Gasteiger charge is 2.14. The molecule has 0 aromatic heterocycles. The third-order valence-corrected chi connectivity index (χ3v) is 2.20. The number of rotatable bonds is 2. The van der Waals surface area contributed by atoms with Gasteiger partial charge in [-0.25, -0.2) is 4.39 Å². The van der Waals surface area contributed by atoms with Gasteiger partial charge >= 0.3 is 0 Å². The van der Waals surface area contributed by atoms with Gasteiger partial charge in [0.2, 0.25) is 0 Å². The summed E-state index contributed by atoms with van der Waals surface area (Å²) in [6.45, 7) is 3.84. The largest absolute Gasteiger partial charge is 0.492 e. The van der Waals surface area contributed by atoms with E-state index in [4.69, 9.17) is 16.3 Å². The fourth-order valence-corrected chi connectivity index (χ4v) is 1.40. The first-order valence-electron chi connectivity index (χ1n) is 4.09. The van der Waals surface area contributed by atoms with Crippen molar-refractivity contribution in [1.29, 1.82) is 0 Å². The predicted octanol–water partition coefficient (Wildman–Crippen LogP) is 3.61. The van der Waals surface area contributed by atoms with Crippen LogP contribution >= 0.6 is 11.6 Å². The van der Waals surface area contributed by atoms with E-state index in [-0.39, 0.29) is 17.5 Å².